The molecule has 1 amide bonds. The van der Waals surface area contributed by atoms with Gasteiger partial charge in [0.25, 0.3) is 0 Å². The first-order chi connectivity index (χ1) is 7.26. The van der Waals surface area contributed by atoms with Crippen molar-refractivity contribution in [1.29, 1.82) is 0 Å². The van der Waals surface area contributed by atoms with Gasteiger partial charge in [-0.2, -0.15) is 0 Å². The molecule has 1 saturated heterocycles. The first-order valence-corrected chi connectivity index (χ1v) is 5.86. The van der Waals surface area contributed by atoms with E-state index in [1.807, 2.05) is 6.92 Å². The van der Waals surface area contributed by atoms with Gasteiger partial charge in [0.2, 0.25) is 5.91 Å². The predicted octanol–water partition coefficient (Wildman–Crippen LogP) is 0.217. The Labute approximate surface area is 91.6 Å². The first-order valence-electron chi connectivity index (χ1n) is 5.86. The second kappa shape index (κ2) is 6.80. The molecule has 0 aromatic carbocycles. The van der Waals surface area contributed by atoms with Crippen LogP contribution in [0, 0.1) is 5.92 Å². The van der Waals surface area contributed by atoms with Crippen molar-refractivity contribution in [3.63, 3.8) is 0 Å². The molecule has 1 heterocycles. The molecule has 0 aromatic heterocycles. The average molecular weight is 214 g/mol. The van der Waals surface area contributed by atoms with Crippen LogP contribution in [0.3, 0.4) is 0 Å². The van der Waals surface area contributed by atoms with Gasteiger partial charge >= 0.3 is 0 Å². The van der Waals surface area contributed by atoms with E-state index in [1.54, 1.807) is 0 Å². The highest BCUT2D eigenvalue weighted by Crippen LogP contribution is 2.18. The molecule has 0 aromatic rings. The maximum absolute atomic E-state index is 11.4. The van der Waals surface area contributed by atoms with Crippen LogP contribution in [0.5, 0.6) is 0 Å². The second-order valence-electron chi connectivity index (χ2n) is 4.25. The van der Waals surface area contributed by atoms with Crippen molar-refractivity contribution >= 4 is 5.91 Å². The molecule has 0 bridgehead atoms. The zero-order valence-corrected chi connectivity index (χ0v) is 9.54. The molecule has 1 fully saturated rings. The van der Waals surface area contributed by atoms with Crippen molar-refractivity contribution in [3.05, 3.63) is 0 Å². The van der Waals surface area contributed by atoms with Crippen molar-refractivity contribution in [3.8, 4) is 0 Å². The van der Waals surface area contributed by atoms with Crippen LogP contribution in [0.15, 0.2) is 0 Å². The molecule has 1 rings (SSSR count). The topological polar surface area (TPSA) is 52.6 Å². The Morgan fingerprint density at radius 3 is 3.07 bits per heavy atom. The SMILES string of the molecule is CCCNC(=O)CN1CCC(CCO)C1. The summed E-state index contributed by atoms with van der Waals surface area (Å²) in [5, 5.41) is 11.7. The number of aliphatic hydroxyl groups is 1. The van der Waals surface area contributed by atoms with Crippen LogP contribution in [0.2, 0.25) is 0 Å². The highest BCUT2D eigenvalue weighted by molar-refractivity contribution is 5.77. The fraction of sp³-hybridized carbons (Fsp3) is 0.909. The predicted molar refractivity (Wildman–Crippen MR) is 59.6 cm³/mol. The minimum absolute atomic E-state index is 0.126. The summed E-state index contributed by atoms with van der Waals surface area (Å²) in [6.07, 6.45) is 2.97. The molecule has 1 unspecified atom stereocenters. The third-order valence-corrected chi connectivity index (χ3v) is 2.85. The van der Waals surface area contributed by atoms with E-state index in [0.29, 0.717) is 12.5 Å². The standard InChI is InChI=1S/C11H22N2O2/c1-2-5-12-11(15)9-13-6-3-10(8-13)4-7-14/h10,14H,2-9H2,1H3,(H,12,15). The van der Waals surface area contributed by atoms with Crippen LogP contribution in [-0.2, 0) is 4.79 Å². The zero-order chi connectivity index (χ0) is 11.1. The molecule has 1 atom stereocenters. The molecular weight excluding hydrogens is 192 g/mol. The van der Waals surface area contributed by atoms with Crippen molar-refractivity contribution in [2.24, 2.45) is 5.92 Å². The smallest absolute Gasteiger partial charge is 0.234 e. The number of hydrogen-bond donors (Lipinski definition) is 2. The normalized spacial score (nSPS) is 21.9. The summed E-state index contributed by atoms with van der Waals surface area (Å²) in [5.74, 6) is 0.704. The Morgan fingerprint density at radius 1 is 1.60 bits per heavy atom. The largest absolute Gasteiger partial charge is 0.396 e. The van der Waals surface area contributed by atoms with E-state index in [0.717, 1.165) is 38.9 Å². The Bertz CT molecular complexity index is 197. The van der Waals surface area contributed by atoms with Gasteiger partial charge in [0.05, 0.1) is 6.54 Å². The number of amides is 1. The zero-order valence-electron chi connectivity index (χ0n) is 9.54. The van der Waals surface area contributed by atoms with Crippen LogP contribution in [0.4, 0.5) is 0 Å². The fourth-order valence-electron chi connectivity index (χ4n) is 2.00. The van der Waals surface area contributed by atoms with Crippen LogP contribution in [-0.4, -0.2) is 48.7 Å². The summed E-state index contributed by atoms with van der Waals surface area (Å²) in [6.45, 7) is 5.55. The van der Waals surface area contributed by atoms with Crippen LogP contribution >= 0.6 is 0 Å². The lowest BCUT2D eigenvalue weighted by Gasteiger charge is -2.15. The number of likely N-dealkylation sites (tertiary alicyclic amines) is 1. The number of aliphatic hydroxyl groups excluding tert-OH is 1. The molecular formula is C11H22N2O2. The van der Waals surface area contributed by atoms with Gasteiger partial charge in [-0.1, -0.05) is 6.92 Å². The third kappa shape index (κ3) is 4.62. The molecule has 4 nitrogen and oxygen atoms in total. The Kier molecular flexibility index (Phi) is 5.65. The molecule has 1 aliphatic rings. The number of nitrogens with zero attached hydrogens (tertiary/aromatic N) is 1. The van der Waals surface area contributed by atoms with E-state index < -0.39 is 0 Å². The Hall–Kier alpha value is -0.610. The number of carbonyl (C=O) groups is 1. The molecule has 88 valence electrons. The average Bonchev–Trinajstić information content (AvgIpc) is 2.63. The second-order valence-corrected chi connectivity index (χ2v) is 4.25. The van der Waals surface area contributed by atoms with Gasteiger partial charge in [-0.15, -0.1) is 0 Å². The molecule has 0 saturated carbocycles. The fourth-order valence-corrected chi connectivity index (χ4v) is 2.00. The van der Waals surface area contributed by atoms with Crippen LogP contribution in [0.25, 0.3) is 0 Å². The van der Waals surface area contributed by atoms with E-state index in [4.69, 9.17) is 5.11 Å². The molecule has 15 heavy (non-hydrogen) atoms. The van der Waals surface area contributed by atoms with Crippen molar-refractivity contribution in [2.45, 2.75) is 26.2 Å². The van der Waals surface area contributed by atoms with Crippen molar-refractivity contribution < 1.29 is 9.90 Å². The van der Waals surface area contributed by atoms with Crippen LogP contribution < -0.4 is 5.32 Å². The molecule has 0 radical (unpaired) electrons. The summed E-state index contributed by atoms with van der Waals surface area (Å²) < 4.78 is 0. The maximum atomic E-state index is 11.4. The monoisotopic (exact) mass is 214 g/mol. The van der Waals surface area contributed by atoms with Gasteiger partial charge in [0.1, 0.15) is 0 Å². The van der Waals surface area contributed by atoms with Gasteiger partial charge in [0.15, 0.2) is 0 Å². The van der Waals surface area contributed by atoms with E-state index in [9.17, 15) is 4.79 Å². The van der Waals surface area contributed by atoms with Crippen molar-refractivity contribution in [2.75, 3.05) is 32.8 Å². The number of rotatable bonds is 6. The lowest BCUT2D eigenvalue weighted by Crippen LogP contribution is -2.36. The van der Waals surface area contributed by atoms with Gasteiger partial charge in [0, 0.05) is 19.7 Å². The lowest BCUT2D eigenvalue weighted by molar-refractivity contribution is -0.122. The maximum Gasteiger partial charge on any atom is 0.234 e. The highest BCUT2D eigenvalue weighted by atomic mass is 16.3. The summed E-state index contributed by atoms with van der Waals surface area (Å²) in [7, 11) is 0. The Balaban J connectivity index is 2.15. The number of hydrogen-bond acceptors (Lipinski definition) is 3. The molecule has 0 aliphatic carbocycles. The number of nitrogens with one attached hydrogen (secondary N) is 1. The minimum atomic E-state index is 0.126. The van der Waals surface area contributed by atoms with Gasteiger partial charge in [-0.3, -0.25) is 9.69 Å². The van der Waals surface area contributed by atoms with Gasteiger partial charge < -0.3 is 10.4 Å². The quantitative estimate of drug-likeness (QED) is 0.665. The summed E-state index contributed by atoms with van der Waals surface area (Å²) in [4.78, 5) is 13.6. The van der Waals surface area contributed by atoms with Crippen LogP contribution in [0.1, 0.15) is 26.2 Å². The van der Waals surface area contributed by atoms with Crippen molar-refractivity contribution in [1.82, 2.24) is 10.2 Å². The van der Waals surface area contributed by atoms with Gasteiger partial charge in [-0.25, -0.2) is 0 Å². The minimum Gasteiger partial charge on any atom is -0.396 e. The molecule has 4 heteroatoms. The Morgan fingerprint density at radius 2 is 2.40 bits per heavy atom. The van der Waals surface area contributed by atoms with Gasteiger partial charge in [-0.05, 0) is 31.7 Å². The highest BCUT2D eigenvalue weighted by Gasteiger charge is 2.23. The van der Waals surface area contributed by atoms with E-state index in [2.05, 4.69) is 10.2 Å². The van der Waals surface area contributed by atoms with E-state index in [1.165, 1.54) is 0 Å². The van der Waals surface area contributed by atoms with E-state index >= 15 is 0 Å². The molecule has 1 aliphatic heterocycles. The lowest BCUT2D eigenvalue weighted by atomic mass is 10.1. The summed E-state index contributed by atoms with van der Waals surface area (Å²) in [6, 6.07) is 0. The summed E-state index contributed by atoms with van der Waals surface area (Å²) >= 11 is 0. The van der Waals surface area contributed by atoms with E-state index in [-0.39, 0.29) is 12.5 Å². The first kappa shape index (κ1) is 12.5. The molecule has 0 spiro atoms. The summed E-state index contributed by atoms with van der Waals surface area (Å²) in [5.41, 5.74) is 0. The molecule has 2 N–H and O–H groups in total. The third-order valence-electron chi connectivity index (χ3n) is 2.85. The number of carbonyl (C=O) groups excluding carboxylic acids is 1.